The van der Waals surface area contributed by atoms with E-state index in [0.29, 0.717) is 0 Å². The summed E-state index contributed by atoms with van der Waals surface area (Å²) in [4.78, 5) is 28.7. The second-order valence-corrected chi connectivity index (χ2v) is 3.82. The maximum Gasteiger partial charge on any atom is 0.329 e. The first-order chi connectivity index (χ1) is 10.2. The van der Waals surface area contributed by atoms with Crippen molar-refractivity contribution in [3.8, 4) is 0 Å². The third kappa shape index (κ3) is 16.0. The molecule has 0 fully saturated rings. The van der Waals surface area contributed by atoms with Crippen LogP contribution in [0.25, 0.3) is 0 Å². The van der Waals surface area contributed by atoms with E-state index >= 15 is 0 Å². The van der Waals surface area contributed by atoms with Crippen LogP contribution in [0.5, 0.6) is 0 Å². The molecule has 0 aliphatic carbocycles. The maximum atomic E-state index is 9.84. The fraction of sp³-hybridized carbons (Fsp3) is 0.583. The molecule has 130 valence electrons. The number of ether oxygens (including phenoxy) is 1. The minimum absolute atomic E-state index is 0.394. The Hall–Kier alpha value is -2.01. The van der Waals surface area contributed by atoms with Crippen LogP contribution in [0.4, 0.5) is 0 Å². The number of aliphatic carboxylic acids is 2. The lowest BCUT2D eigenvalue weighted by Crippen LogP contribution is -2.37. The summed E-state index contributed by atoms with van der Waals surface area (Å²) in [5, 5.41) is 49.4. The summed E-state index contributed by atoms with van der Waals surface area (Å²) >= 11 is 0. The largest absolute Gasteiger partial charge is 0.481 e. The van der Waals surface area contributed by atoms with Gasteiger partial charge < -0.3 is 35.4 Å². The van der Waals surface area contributed by atoms with Crippen molar-refractivity contribution in [2.75, 3.05) is 33.5 Å². The lowest BCUT2D eigenvalue weighted by Gasteiger charge is -2.23. The summed E-state index contributed by atoms with van der Waals surface area (Å²) in [6.07, 6.45) is 0.306. The molecule has 10 heteroatoms. The number of hydrogen-bond donors (Lipinski definition) is 6. The Morgan fingerprint density at radius 3 is 1.27 bits per heavy atom. The third-order valence-electron chi connectivity index (χ3n) is 2.01. The van der Waals surface area contributed by atoms with Gasteiger partial charge in [-0.25, -0.2) is 4.79 Å². The van der Waals surface area contributed by atoms with E-state index in [0.717, 1.165) is 6.08 Å². The Balaban J connectivity index is -0.000000252. The van der Waals surface area contributed by atoms with Gasteiger partial charge in [-0.05, 0) is 0 Å². The first-order valence-electron chi connectivity index (χ1n) is 5.76. The second kappa shape index (κ2) is 15.4. The van der Waals surface area contributed by atoms with Crippen molar-refractivity contribution in [2.24, 2.45) is 5.41 Å². The molecule has 0 aromatic heterocycles. The monoisotopic (exact) mass is 326 g/mol. The number of hydrogen-bond acceptors (Lipinski definition) is 8. The maximum absolute atomic E-state index is 9.84. The van der Waals surface area contributed by atoms with Gasteiger partial charge >= 0.3 is 17.9 Å². The van der Waals surface area contributed by atoms with Gasteiger partial charge in [0.15, 0.2) is 0 Å². The molecule has 0 amide bonds. The molecule has 0 aromatic carbocycles. The summed E-state index contributed by atoms with van der Waals surface area (Å²) < 4.78 is 4.14. The van der Waals surface area contributed by atoms with Crippen LogP contribution in [0.1, 0.15) is 6.42 Å². The number of methoxy groups -OCH3 is 1. The molecule has 0 spiro atoms. The summed E-state index contributed by atoms with van der Waals surface area (Å²) in [6, 6.07) is 0. The van der Waals surface area contributed by atoms with Gasteiger partial charge in [0.05, 0.1) is 39.0 Å². The molecule has 0 rings (SSSR count). The van der Waals surface area contributed by atoms with E-state index in [4.69, 9.17) is 30.6 Å². The SMILES string of the molecule is C=CC(=O)OC.O=C(O)CC(=O)O.OCC(CO)(CO)CO. The van der Waals surface area contributed by atoms with Crippen molar-refractivity contribution in [2.45, 2.75) is 6.42 Å². The second-order valence-electron chi connectivity index (χ2n) is 3.82. The lowest BCUT2D eigenvalue weighted by molar-refractivity contribution is -0.147. The predicted molar refractivity (Wildman–Crippen MR) is 72.9 cm³/mol. The Kier molecular flexibility index (Phi) is 17.5. The van der Waals surface area contributed by atoms with E-state index in [1.807, 2.05) is 0 Å². The fourth-order valence-corrected chi connectivity index (χ4v) is 0.513. The quantitative estimate of drug-likeness (QED) is 0.171. The van der Waals surface area contributed by atoms with Gasteiger partial charge in [0.1, 0.15) is 6.42 Å². The molecular formula is C12H22O10. The van der Waals surface area contributed by atoms with Crippen LogP contribution in [0.3, 0.4) is 0 Å². The molecule has 0 radical (unpaired) electrons. The highest BCUT2D eigenvalue weighted by Gasteiger charge is 2.26. The lowest BCUT2D eigenvalue weighted by atomic mass is 9.93. The van der Waals surface area contributed by atoms with Crippen molar-refractivity contribution in [1.29, 1.82) is 0 Å². The summed E-state index contributed by atoms with van der Waals surface area (Å²) in [5.41, 5.74) is -1.11. The molecule has 6 N–H and O–H groups in total. The van der Waals surface area contributed by atoms with Crippen molar-refractivity contribution in [3.63, 3.8) is 0 Å². The minimum atomic E-state index is -1.31. The van der Waals surface area contributed by atoms with Gasteiger partial charge in [-0.3, -0.25) is 9.59 Å². The molecule has 0 aliphatic heterocycles. The zero-order valence-electron chi connectivity index (χ0n) is 12.1. The first-order valence-corrected chi connectivity index (χ1v) is 5.76. The van der Waals surface area contributed by atoms with E-state index < -0.39 is 56.2 Å². The standard InChI is InChI=1S/C5H12O4.C4H6O2.C3H4O4/c6-1-5(2-7,3-8)4-9;1-3-4(5)6-2;4-2(5)1-3(6)7/h6-9H,1-4H2;3H,1H2,2H3;1H2,(H,4,5)(H,6,7). The van der Waals surface area contributed by atoms with Gasteiger partial charge in [0, 0.05) is 6.08 Å². The first kappa shape index (κ1) is 25.0. The van der Waals surface area contributed by atoms with Gasteiger partial charge in [-0.1, -0.05) is 6.58 Å². The molecule has 0 aromatic rings. The number of carboxylic acids is 2. The fourth-order valence-electron chi connectivity index (χ4n) is 0.513. The van der Waals surface area contributed by atoms with Crippen LogP contribution < -0.4 is 0 Å². The van der Waals surface area contributed by atoms with Crippen LogP contribution in [-0.2, 0) is 19.1 Å². The predicted octanol–water partition coefficient (Wildman–Crippen LogP) is -2.17. The summed E-state index contributed by atoms with van der Waals surface area (Å²) in [5.74, 6) is -3.02. The van der Waals surface area contributed by atoms with E-state index in [9.17, 15) is 14.4 Å². The van der Waals surface area contributed by atoms with Gasteiger partial charge in [-0.2, -0.15) is 0 Å². The molecule has 0 aliphatic rings. The normalized spacial score (nSPS) is 9.32. The minimum Gasteiger partial charge on any atom is -0.481 e. The highest BCUT2D eigenvalue weighted by Crippen LogP contribution is 2.11. The Bertz CT molecular complexity index is 305. The van der Waals surface area contributed by atoms with Gasteiger partial charge in [0.25, 0.3) is 0 Å². The van der Waals surface area contributed by atoms with Crippen molar-refractivity contribution in [1.82, 2.24) is 0 Å². The van der Waals surface area contributed by atoms with E-state index in [-0.39, 0.29) is 0 Å². The molecule has 0 saturated heterocycles. The average molecular weight is 326 g/mol. The zero-order valence-corrected chi connectivity index (χ0v) is 12.1. The van der Waals surface area contributed by atoms with E-state index in [2.05, 4.69) is 11.3 Å². The van der Waals surface area contributed by atoms with Crippen LogP contribution in [-0.4, -0.2) is 82.1 Å². The Labute approximate surface area is 126 Å². The molecule has 0 saturated carbocycles. The number of rotatable bonds is 7. The number of carbonyl (C=O) groups excluding carboxylic acids is 1. The Morgan fingerprint density at radius 2 is 1.27 bits per heavy atom. The smallest absolute Gasteiger partial charge is 0.329 e. The van der Waals surface area contributed by atoms with Crippen LogP contribution in [0, 0.1) is 5.41 Å². The van der Waals surface area contributed by atoms with Gasteiger partial charge in [0.2, 0.25) is 0 Å². The van der Waals surface area contributed by atoms with E-state index in [1.54, 1.807) is 0 Å². The van der Waals surface area contributed by atoms with Gasteiger partial charge in [-0.15, -0.1) is 0 Å². The molecule has 0 bridgehead atoms. The van der Waals surface area contributed by atoms with Crippen LogP contribution >= 0.6 is 0 Å². The number of carbonyl (C=O) groups is 3. The molecule has 10 nitrogen and oxygen atoms in total. The van der Waals surface area contributed by atoms with Crippen LogP contribution in [0.2, 0.25) is 0 Å². The molecular weight excluding hydrogens is 304 g/mol. The zero-order chi connectivity index (χ0) is 18.2. The molecule has 0 atom stereocenters. The number of aliphatic hydroxyl groups excluding tert-OH is 4. The number of carboxylic acid groups (broad SMARTS) is 2. The summed E-state index contributed by atoms with van der Waals surface area (Å²) in [6.45, 7) is 1.53. The number of esters is 1. The average Bonchev–Trinajstić information content (AvgIpc) is 2.49. The van der Waals surface area contributed by atoms with E-state index in [1.165, 1.54) is 7.11 Å². The van der Waals surface area contributed by atoms with Crippen molar-refractivity contribution in [3.05, 3.63) is 12.7 Å². The third-order valence-corrected chi connectivity index (χ3v) is 2.01. The molecule has 0 heterocycles. The van der Waals surface area contributed by atoms with Crippen LogP contribution in [0.15, 0.2) is 12.7 Å². The Morgan fingerprint density at radius 1 is 0.955 bits per heavy atom. The highest BCUT2D eigenvalue weighted by molar-refractivity contribution is 5.88. The summed E-state index contributed by atoms with van der Waals surface area (Å²) in [7, 11) is 1.31. The van der Waals surface area contributed by atoms with Crippen molar-refractivity contribution < 1.29 is 49.8 Å². The number of aliphatic hydroxyl groups is 4. The highest BCUT2D eigenvalue weighted by atomic mass is 16.5. The molecule has 0 unspecified atom stereocenters. The van der Waals surface area contributed by atoms with Crippen molar-refractivity contribution >= 4 is 17.9 Å². The topological polar surface area (TPSA) is 182 Å². The molecule has 22 heavy (non-hydrogen) atoms.